The van der Waals surface area contributed by atoms with Crippen molar-refractivity contribution in [3.8, 4) is 0 Å². The highest BCUT2D eigenvalue weighted by atomic mass is 35.5. The van der Waals surface area contributed by atoms with Gasteiger partial charge in [0.2, 0.25) is 5.91 Å². The standard InChI is InChI=1S/C18H21Cl2N3O3/c1-22(10-12-5-6-13(19)14(20)9-12)15(24)11-23-16(25)18(21-17(23)26)7-3-2-4-8-18/h5-6,9H,2-4,7-8,10-11H2,1H3,(H,21,26). The molecular weight excluding hydrogens is 377 g/mol. The third-order valence-corrected chi connectivity index (χ3v) is 5.81. The van der Waals surface area contributed by atoms with Crippen LogP contribution in [0.1, 0.15) is 37.7 Å². The Bertz CT molecular complexity index is 747. The number of carbonyl (C=O) groups is 3. The summed E-state index contributed by atoms with van der Waals surface area (Å²) in [7, 11) is 1.62. The maximum Gasteiger partial charge on any atom is 0.325 e. The third kappa shape index (κ3) is 3.67. The summed E-state index contributed by atoms with van der Waals surface area (Å²) in [6.45, 7) is 0.0504. The number of carbonyl (C=O) groups excluding carboxylic acids is 3. The Morgan fingerprint density at radius 1 is 1.19 bits per heavy atom. The average Bonchev–Trinajstić information content (AvgIpc) is 2.83. The molecule has 1 saturated carbocycles. The van der Waals surface area contributed by atoms with Gasteiger partial charge in [-0.3, -0.25) is 14.5 Å². The zero-order valence-corrected chi connectivity index (χ0v) is 16.1. The van der Waals surface area contributed by atoms with Gasteiger partial charge >= 0.3 is 6.03 Å². The molecule has 0 aromatic heterocycles. The van der Waals surface area contributed by atoms with Gasteiger partial charge in [0.05, 0.1) is 10.0 Å². The minimum atomic E-state index is -0.808. The van der Waals surface area contributed by atoms with Gasteiger partial charge in [-0.2, -0.15) is 0 Å². The molecule has 4 amide bonds. The molecule has 0 bridgehead atoms. The number of halogens is 2. The van der Waals surface area contributed by atoms with Gasteiger partial charge in [-0.15, -0.1) is 0 Å². The van der Waals surface area contributed by atoms with E-state index in [1.54, 1.807) is 25.2 Å². The maximum atomic E-state index is 12.7. The molecule has 0 unspecified atom stereocenters. The molecule has 26 heavy (non-hydrogen) atoms. The molecule has 1 aliphatic heterocycles. The van der Waals surface area contributed by atoms with Crippen LogP contribution < -0.4 is 5.32 Å². The Morgan fingerprint density at radius 2 is 1.88 bits per heavy atom. The molecule has 0 atom stereocenters. The molecule has 1 N–H and O–H groups in total. The van der Waals surface area contributed by atoms with Crippen LogP contribution in [-0.2, 0) is 16.1 Å². The van der Waals surface area contributed by atoms with E-state index in [0.717, 1.165) is 29.7 Å². The van der Waals surface area contributed by atoms with Crippen LogP contribution in [0, 0.1) is 0 Å². The highest BCUT2D eigenvalue weighted by molar-refractivity contribution is 6.42. The van der Waals surface area contributed by atoms with Crippen LogP contribution in [0.4, 0.5) is 4.79 Å². The summed E-state index contributed by atoms with van der Waals surface area (Å²) in [4.78, 5) is 40.0. The lowest BCUT2D eigenvalue weighted by molar-refractivity contribution is -0.139. The first-order chi connectivity index (χ1) is 12.3. The normalized spacial score (nSPS) is 19.0. The number of hydrogen-bond acceptors (Lipinski definition) is 3. The number of nitrogens with one attached hydrogen (secondary N) is 1. The SMILES string of the molecule is CN(Cc1ccc(Cl)c(Cl)c1)C(=O)CN1C(=O)NC2(CCCCC2)C1=O. The second-order valence-electron chi connectivity index (χ2n) is 6.96. The van der Waals surface area contributed by atoms with E-state index in [9.17, 15) is 14.4 Å². The second kappa shape index (κ2) is 7.45. The van der Waals surface area contributed by atoms with E-state index in [-0.39, 0.29) is 18.4 Å². The third-order valence-electron chi connectivity index (χ3n) is 5.08. The van der Waals surface area contributed by atoms with Crippen molar-refractivity contribution in [1.29, 1.82) is 0 Å². The Morgan fingerprint density at radius 3 is 2.54 bits per heavy atom. The number of hydrogen-bond donors (Lipinski definition) is 1. The van der Waals surface area contributed by atoms with E-state index in [4.69, 9.17) is 23.2 Å². The number of rotatable bonds is 4. The van der Waals surface area contributed by atoms with E-state index >= 15 is 0 Å². The number of imide groups is 1. The van der Waals surface area contributed by atoms with Gasteiger partial charge in [0, 0.05) is 13.6 Å². The summed E-state index contributed by atoms with van der Waals surface area (Å²) in [5.41, 5.74) is 0.00828. The van der Waals surface area contributed by atoms with Crippen LogP contribution in [0.5, 0.6) is 0 Å². The van der Waals surface area contributed by atoms with Crippen LogP contribution in [-0.4, -0.2) is 46.8 Å². The van der Waals surface area contributed by atoms with E-state index in [1.165, 1.54) is 4.90 Å². The quantitative estimate of drug-likeness (QED) is 0.792. The molecular formula is C18H21Cl2N3O3. The van der Waals surface area contributed by atoms with Gasteiger partial charge in [-0.1, -0.05) is 48.5 Å². The number of likely N-dealkylation sites (N-methyl/N-ethyl adjacent to an activating group) is 1. The molecule has 0 radical (unpaired) electrons. The molecule has 6 nitrogen and oxygen atoms in total. The molecule has 2 fully saturated rings. The summed E-state index contributed by atoms with van der Waals surface area (Å²) < 4.78 is 0. The highest BCUT2D eigenvalue weighted by Crippen LogP contribution is 2.33. The van der Waals surface area contributed by atoms with Crippen molar-refractivity contribution in [3.63, 3.8) is 0 Å². The lowest BCUT2D eigenvalue weighted by atomic mass is 9.82. The van der Waals surface area contributed by atoms with Gasteiger partial charge in [-0.05, 0) is 30.5 Å². The number of amides is 4. The van der Waals surface area contributed by atoms with Crippen molar-refractivity contribution in [1.82, 2.24) is 15.1 Å². The fourth-order valence-electron chi connectivity index (χ4n) is 3.57. The van der Waals surface area contributed by atoms with Crippen molar-refractivity contribution in [2.75, 3.05) is 13.6 Å². The van der Waals surface area contributed by atoms with Gasteiger partial charge in [-0.25, -0.2) is 4.79 Å². The van der Waals surface area contributed by atoms with Crippen molar-refractivity contribution in [3.05, 3.63) is 33.8 Å². The topological polar surface area (TPSA) is 69.7 Å². The molecule has 8 heteroatoms. The fraction of sp³-hybridized carbons (Fsp3) is 0.500. The molecule has 3 rings (SSSR count). The van der Waals surface area contributed by atoms with Crippen molar-refractivity contribution in [2.24, 2.45) is 0 Å². The van der Waals surface area contributed by atoms with Gasteiger partial charge in [0.25, 0.3) is 5.91 Å². The predicted octanol–water partition coefficient (Wildman–Crippen LogP) is 3.21. The van der Waals surface area contributed by atoms with Crippen molar-refractivity contribution < 1.29 is 14.4 Å². The number of urea groups is 1. The largest absolute Gasteiger partial charge is 0.340 e. The average molecular weight is 398 g/mol. The molecule has 1 saturated heterocycles. The van der Waals surface area contributed by atoms with Crippen LogP contribution in [0.25, 0.3) is 0 Å². The Kier molecular flexibility index (Phi) is 5.44. The maximum absolute atomic E-state index is 12.7. The highest BCUT2D eigenvalue weighted by Gasteiger charge is 2.51. The summed E-state index contributed by atoms with van der Waals surface area (Å²) in [5.74, 6) is -0.592. The van der Waals surface area contributed by atoms with Gasteiger partial charge < -0.3 is 10.2 Å². The van der Waals surface area contributed by atoms with Crippen LogP contribution in [0.15, 0.2) is 18.2 Å². The summed E-state index contributed by atoms with van der Waals surface area (Å²) in [6.07, 6.45) is 4.16. The van der Waals surface area contributed by atoms with Crippen molar-refractivity contribution >= 4 is 41.0 Å². The Labute approximate surface area is 162 Å². The minimum absolute atomic E-state index is 0.260. The second-order valence-corrected chi connectivity index (χ2v) is 7.78. The van der Waals surface area contributed by atoms with Crippen LogP contribution >= 0.6 is 23.2 Å². The summed E-state index contributed by atoms with van der Waals surface area (Å²) in [5, 5.41) is 3.67. The molecule has 1 aromatic rings. The molecule has 1 heterocycles. The summed E-state index contributed by atoms with van der Waals surface area (Å²) >= 11 is 11.9. The first-order valence-corrected chi connectivity index (χ1v) is 9.40. The van der Waals surface area contributed by atoms with E-state index in [1.807, 2.05) is 0 Å². The molecule has 1 aliphatic carbocycles. The zero-order valence-electron chi connectivity index (χ0n) is 14.6. The Hall–Kier alpha value is -1.79. The lowest BCUT2D eigenvalue weighted by Crippen LogP contribution is -2.49. The molecule has 1 spiro atoms. The zero-order chi connectivity index (χ0) is 18.9. The number of nitrogens with zero attached hydrogens (tertiary/aromatic N) is 2. The molecule has 140 valence electrons. The summed E-state index contributed by atoms with van der Waals surface area (Å²) in [6, 6.07) is 4.66. The van der Waals surface area contributed by atoms with Gasteiger partial charge in [0.15, 0.2) is 0 Å². The number of benzene rings is 1. The van der Waals surface area contributed by atoms with E-state index in [2.05, 4.69) is 5.32 Å². The van der Waals surface area contributed by atoms with Crippen LogP contribution in [0.3, 0.4) is 0 Å². The predicted molar refractivity (Wildman–Crippen MR) is 99.0 cm³/mol. The van der Waals surface area contributed by atoms with E-state index < -0.39 is 11.6 Å². The lowest BCUT2D eigenvalue weighted by Gasteiger charge is -2.30. The minimum Gasteiger partial charge on any atom is -0.340 e. The van der Waals surface area contributed by atoms with Crippen molar-refractivity contribution in [2.45, 2.75) is 44.2 Å². The van der Waals surface area contributed by atoms with Crippen LogP contribution in [0.2, 0.25) is 10.0 Å². The molecule has 2 aliphatic rings. The fourth-order valence-corrected chi connectivity index (χ4v) is 3.89. The smallest absolute Gasteiger partial charge is 0.325 e. The van der Waals surface area contributed by atoms with E-state index in [0.29, 0.717) is 29.4 Å². The Balaban J connectivity index is 1.64. The molecule has 1 aromatic carbocycles. The first-order valence-electron chi connectivity index (χ1n) is 8.64. The first kappa shape index (κ1) is 19.0. The van der Waals surface area contributed by atoms with Gasteiger partial charge in [0.1, 0.15) is 12.1 Å². The monoisotopic (exact) mass is 397 g/mol.